The molecule has 0 aliphatic heterocycles. The van der Waals surface area contributed by atoms with Gasteiger partial charge in [0.1, 0.15) is 17.0 Å². The number of nitrogens with zero attached hydrogens (tertiary/aromatic N) is 3. The van der Waals surface area contributed by atoms with E-state index in [1.165, 1.54) is 36.7 Å². The van der Waals surface area contributed by atoms with Crippen LogP contribution in [0.25, 0.3) is 32.6 Å². The van der Waals surface area contributed by atoms with Gasteiger partial charge in [-0.05, 0) is 31.2 Å². The molecule has 2 amide bonds. The van der Waals surface area contributed by atoms with Crippen LogP contribution in [-0.4, -0.2) is 33.5 Å². The maximum Gasteiger partial charge on any atom is 1.00 e. The van der Waals surface area contributed by atoms with Gasteiger partial charge in [-0.15, -0.1) is 0 Å². The summed E-state index contributed by atoms with van der Waals surface area (Å²) < 4.78 is 30.3. The van der Waals surface area contributed by atoms with E-state index in [0.29, 0.717) is 6.54 Å². The molecule has 0 bridgehead atoms. The van der Waals surface area contributed by atoms with Crippen molar-refractivity contribution in [3.05, 3.63) is 60.1 Å². The number of rotatable bonds is 5. The molecule has 2 N–H and O–H groups in total. The monoisotopic (exact) mass is 461 g/mol. The molecule has 0 saturated heterocycles. The van der Waals surface area contributed by atoms with E-state index in [2.05, 4.69) is 25.6 Å². The smallest absolute Gasteiger partial charge is 0.545 e. The van der Waals surface area contributed by atoms with E-state index in [1.807, 2.05) is 0 Å². The summed E-state index contributed by atoms with van der Waals surface area (Å²) in [4.78, 5) is 35.2. The van der Waals surface area contributed by atoms with Crippen LogP contribution in [0.5, 0.6) is 0 Å². The fourth-order valence-electron chi connectivity index (χ4n) is 3.08. The van der Waals surface area contributed by atoms with Gasteiger partial charge in [-0.25, -0.2) is 18.6 Å². The average molecular weight is 461 g/mol. The summed E-state index contributed by atoms with van der Waals surface area (Å²) in [5.74, 6) is -2.89. The summed E-state index contributed by atoms with van der Waals surface area (Å²) in [5, 5.41) is 16.4. The molecule has 162 valence electrons. The zero-order valence-electron chi connectivity index (χ0n) is 17.5. The molecular formula is C21H14F2LiN5O3S. The first-order valence-corrected chi connectivity index (χ1v) is 10.2. The number of carboxylic acids is 1. The van der Waals surface area contributed by atoms with Gasteiger partial charge in [0.2, 0.25) is 0 Å². The van der Waals surface area contributed by atoms with Crippen molar-refractivity contribution in [2.24, 2.45) is 0 Å². The summed E-state index contributed by atoms with van der Waals surface area (Å²) >= 11 is 0.958. The van der Waals surface area contributed by atoms with Gasteiger partial charge in [0.25, 0.3) is 0 Å². The first-order valence-electron chi connectivity index (χ1n) is 9.34. The minimum Gasteiger partial charge on any atom is -0.545 e. The number of hydrogen-bond donors (Lipinski definition) is 2. The normalized spacial score (nSPS) is 10.5. The van der Waals surface area contributed by atoms with Crippen molar-refractivity contribution in [1.82, 2.24) is 20.3 Å². The van der Waals surface area contributed by atoms with E-state index in [0.717, 1.165) is 17.5 Å². The molecule has 4 rings (SSSR count). The van der Waals surface area contributed by atoms with E-state index in [1.54, 1.807) is 6.92 Å². The molecule has 0 spiro atoms. The van der Waals surface area contributed by atoms with Crippen LogP contribution in [-0.2, 0) is 0 Å². The molecule has 4 aromatic rings. The maximum atomic E-state index is 15.5. The third-order valence-electron chi connectivity index (χ3n) is 4.46. The maximum absolute atomic E-state index is 15.5. The predicted molar refractivity (Wildman–Crippen MR) is 113 cm³/mol. The molecular weight excluding hydrogens is 447 g/mol. The molecule has 0 fully saturated rings. The second-order valence-electron chi connectivity index (χ2n) is 6.55. The largest absolute Gasteiger partial charge is 1.00 e. The van der Waals surface area contributed by atoms with E-state index in [-0.39, 0.29) is 62.2 Å². The average Bonchev–Trinajstić information content (AvgIpc) is 3.19. The first-order chi connectivity index (χ1) is 15.4. The van der Waals surface area contributed by atoms with Crippen LogP contribution in [0.15, 0.2) is 42.9 Å². The van der Waals surface area contributed by atoms with Crippen LogP contribution >= 0.6 is 11.3 Å². The summed E-state index contributed by atoms with van der Waals surface area (Å²) in [5.41, 5.74) is -0.105. The number of anilines is 1. The Kier molecular flexibility index (Phi) is 7.38. The van der Waals surface area contributed by atoms with Crippen LogP contribution in [0, 0.1) is 11.6 Å². The SMILES string of the molecule is CCNC(=O)Nc1nc2c(F)c(-c3cncc(C(=O)[O-])c3)cc(-c3ncccc3F)c2s1.[Li+]. The summed E-state index contributed by atoms with van der Waals surface area (Å²) in [6, 6.07) is 4.66. The molecule has 3 heterocycles. The Balaban J connectivity index is 0.00000306. The summed E-state index contributed by atoms with van der Waals surface area (Å²) in [6.45, 7) is 2.11. The van der Waals surface area contributed by atoms with Gasteiger partial charge in [-0.1, -0.05) is 11.3 Å². The van der Waals surface area contributed by atoms with E-state index in [4.69, 9.17) is 0 Å². The predicted octanol–water partition coefficient (Wildman–Crippen LogP) is 0.207. The number of amides is 2. The van der Waals surface area contributed by atoms with Crippen LogP contribution in [0.1, 0.15) is 17.3 Å². The molecule has 0 atom stereocenters. The quantitative estimate of drug-likeness (QED) is 0.410. The van der Waals surface area contributed by atoms with Gasteiger partial charge >= 0.3 is 24.9 Å². The molecule has 8 nitrogen and oxygen atoms in total. The van der Waals surface area contributed by atoms with Crippen LogP contribution < -0.4 is 34.6 Å². The molecule has 0 aliphatic rings. The van der Waals surface area contributed by atoms with Crippen LogP contribution in [0.4, 0.5) is 18.7 Å². The number of pyridine rings is 2. The van der Waals surface area contributed by atoms with Crippen molar-refractivity contribution in [3.63, 3.8) is 0 Å². The summed E-state index contributed by atoms with van der Waals surface area (Å²) in [6.07, 6.45) is 3.74. The number of halogens is 2. The second-order valence-corrected chi connectivity index (χ2v) is 7.55. The number of benzene rings is 1. The molecule has 1 aromatic carbocycles. The number of aromatic carboxylic acids is 1. The second kappa shape index (κ2) is 10.0. The minimum atomic E-state index is -1.47. The molecule has 12 heteroatoms. The van der Waals surface area contributed by atoms with Gasteiger partial charge in [-0.2, -0.15) is 0 Å². The molecule has 0 saturated carbocycles. The zero-order valence-corrected chi connectivity index (χ0v) is 18.3. The van der Waals surface area contributed by atoms with Crippen LogP contribution in [0.2, 0.25) is 0 Å². The Morgan fingerprint density at radius 1 is 1.18 bits per heavy atom. The zero-order chi connectivity index (χ0) is 22.8. The Morgan fingerprint density at radius 2 is 1.97 bits per heavy atom. The molecule has 0 radical (unpaired) electrons. The number of urea groups is 1. The first kappa shape index (κ1) is 24.3. The summed E-state index contributed by atoms with van der Waals surface area (Å²) in [7, 11) is 0. The topological polar surface area (TPSA) is 120 Å². The third-order valence-corrected chi connectivity index (χ3v) is 5.47. The number of aromatic nitrogens is 3. The number of carboxylic acid groups (broad SMARTS) is 1. The molecule has 0 aliphatic carbocycles. The van der Waals surface area contributed by atoms with E-state index < -0.39 is 23.6 Å². The molecule has 3 aromatic heterocycles. The van der Waals surface area contributed by atoms with Crippen molar-refractivity contribution in [1.29, 1.82) is 0 Å². The number of hydrogen-bond acceptors (Lipinski definition) is 7. The van der Waals surface area contributed by atoms with Gasteiger partial charge in [-0.3, -0.25) is 15.3 Å². The van der Waals surface area contributed by atoms with Gasteiger partial charge in [0.15, 0.2) is 10.9 Å². The van der Waals surface area contributed by atoms with E-state index in [9.17, 15) is 19.1 Å². The van der Waals surface area contributed by atoms with Gasteiger partial charge in [0.05, 0.1) is 10.7 Å². The van der Waals surface area contributed by atoms with Gasteiger partial charge < -0.3 is 15.2 Å². The molecule has 0 unspecified atom stereocenters. The number of carbonyl (C=O) groups is 2. The van der Waals surface area contributed by atoms with Crippen LogP contribution in [0.3, 0.4) is 0 Å². The number of thiazole rings is 1. The van der Waals surface area contributed by atoms with Gasteiger partial charge in [0, 0.05) is 47.4 Å². The van der Waals surface area contributed by atoms with E-state index >= 15 is 4.39 Å². The number of fused-ring (bicyclic) bond motifs is 1. The fraction of sp³-hybridized carbons (Fsp3) is 0.0952. The fourth-order valence-corrected chi connectivity index (χ4v) is 4.05. The van der Waals surface area contributed by atoms with Crippen molar-refractivity contribution in [3.8, 4) is 22.4 Å². The van der Waals surface area contributed by atoms with Crippen molar-refractivity contribution < 1.29 is 42.3 Å². The Labute approximate surface area is 202 Å². The Bertz CT molecular complexity index is 1370. The van der Waals surface area contributed by atoms with Crippen molar-refractivity contribution in [2.45, 2.75) is 6.92 Å². The Hall–Kier alpha value is -3.39. The third kappa shape index (κ3) is 4.85. The number of nitrogens with one attached hydrogen (secondary N) is 2. The Morgan fingerprint density at radius 3 is 2.67 bits per heavy atom. The standard InChI is InChI=1S/C21H15F2N5O3S.Li/c1-2-25-20(31)28-21-27-17-15(23)12(10-6-11(19(29)30)9-24-8-10)7-13(18(17)32-21)16-14(22)4-3-5-26-16;/h3-9H,2H2,1H3,(H,29,30)(H2,25,27,28,31);/q;+1/p-1. The molecule has 33 heavy (non-hydrogen) atoms. The van der Waals surface area contributed by atoms with Crippen molar-refractivity contribution >= 4 is 38.7 Å². The number of carbonyl (C=O) groups excluding carboxylic acids is 2. The minimum absolute atomic E-state index is 0. The van der Waals surface area contributed by atoms with Crippen molar-refractivity contribution in [2.75, 3.05) is 11.9 Å².